The van der Waals surface area contributed by atoms with Crippen LogP contribution in [0.5, 0.6) is 0 Å². The van der Waals surface area contributed by atoms with Crippen molar-refractivity contribution in [3.63, 3.8) is 0 Å². The first-order valence-corrected chi connectivity index (χ1v) is 6.87. The topological polar surface area (TPSA) is 53.2 Å². The molecule has 0 saturated heterocycles. The van der Waals surface area contributed by atoms with Crippen LogP contribution in [0, 0.1) is 16.7 Å². The predicted octanol–water partition coefficient (Wildman–Crippen LogP) is 2.99. The summed E-state index contributed by atoms with van der Waals surface area (Å²) in [6, 6.07) is 11.9. The minimum absolute atomic E-state index is 0.157. The van der Waals surface area contributed by atoms with E-state index in [1.807, 2.05) is 30.3 Å². The van der Waals surface area contributed by atoms with Gasteiger partial charge in [-0.25, -0.2) is 0 Å². The largest absolute Gasteiger partial charge is 0.381 e. The molecule has 2 rings (SSSR count). The molecule has 0 aliphatic heterocycles. The molecule has 1 aliphatic carbocycles. The Morgan fingerprint density at radius 1 is 1.26 bits per heavy atom. The molecular formula is C16H21NO2. The lowest BCUT2D eigenvalue weighted by atomic mass is 9.62. The minimum Gasteiger partial charge on any atom is -0.381 e. The molecule has 102 valence electrons. The molecule has 1 saturated carbocycles. The molecule has 1 unspecified atom stereocenters. The van der Waals surface area contributed by atoms with Crippen molar-refractivity contribution in [1.82, 2.24) is 0 Å². The van der Waals surface area contributed by atoms with E-state index in [4.69, 9.17) is 4.74 Å². The van der Waals surface area contributed by atoms with Crippen LogP contribution in [-0.2, 0) is 10.3 Å². The highest BCUT2D eigenvalue weighted by atomic mass is 16.5. The van der Waals surface area contributed by atoms with E-state index in [2.05, 4.69) is 6.07 Å². The second kappa shape index (κ2) is 5.73. The van der Waals surface area contributed by atoms with Crippen LogP contribution >= 0.6 is 0 Å². The van der Waals surface area contributed by atoms with E-state index >= 15 is 0 Å². The van der Waals surface area contributed by atoms with Crippen LogP contribution < -0.4 is 0 Å². The first-order chi connectivity index (χ1) is 9.18. The second-order valence-corrected chi connectivity index (χ2v) is 5.41. The Kier molecular flexibility index (Phi) is 4.24. The highest BCUT2D eigenvalue weighted by molar-refractivity contribution is 5.29. The van der Waals surface area contributed by atoms with Crippen LogP contribution in [0.25, 0.3) is 0 Å². The number of nitriles is 1. The fourth-order valence-electron chi connectivity index (χ4n) is 3.19. The maximum absolute atomic E-state index is 11.2. The van der Waals surface area contributed by atoms with E-state index < -0.39 is 11.0 Å². The summed E-state index contributed by atoms with van der Waals surface area (Å²) in [5.41, 5.74) is -1.18. The third-order valence-corrected chi connectivity index (χ3v) is 4.32. The van der Waals surface area contributed by atoms with Crippen LogP contribution in [0.1, 0.15) is 37.7 Å². The van der Waals surface area contributed by atoms with Crippen LogP contribution in [0.3, 0.4) is 0 Å². The summed E-state index contributed by atoms with van der Waals surface area (Å²) in [5.74, 6) is 0. The first-order valence-electron chi connectivity index (χ1n) is 6.87. The van der Waals surface area contributed by atoms with Gasteiger partial charge in [-0.05, 0) is 18.4 Å². The molecule has 3 nitrogen and oxygen atoms in total. The fraction of sp³-hybridized carbons (Fsp3) is 0.562. The van der Waals surface area contributed by atoms with Gasteiger partial charge >= 0.3 is 0 Å². The Labute approximate surface area is 114 Å². The SMILES string of the molecule is COCC(O)(c1ccccc1)C1(C#N)CCCCC1. The maximum atomic E-state index is 11.2. The standard InChI is InChI=1S/C16H21NO2/c1-19-13-16(18,14-8-4-2-5-9-14)15(12-17)10-6-3-7-11-15/h2,4-5,8-9,18H,3,6-7,10-11,13H2,1H3. The zero-order chi connectivity index (χ0) is 13.8. The first kappa shape index (κ1) is 14.0. The quantitative estimate of drug-likeness (QED) is 0.904. The van der Waals surface area contributed by atoms with Gasteiger partial charge in [0.1, 0.15) is 5.60 Å². The van der Waals surface area contributed by atoms with Crippen molar-refractivity contribution in [2.75, 3.05) is 13.7 Å². The molecular weight excluding hydrogens is 238 g/mol. The monoisotopic (exact) mass is 259 g/mol. The number of benzene rings is 1. The van der Waals surface area contributed by atoms with Crippen molar-refractivity contribution in [2.24, 2.45) is 5.41 Å². The van der Waals surface area contributed by atoms with Crippen molar-refractivity contribution in [1.29, 1.82) is 5.26 Å². The Bertz CT molecular complexity index is 446. The second-order valence-electron chi connectivity index (χ2n) is 5.41. The summed E-state index contributed by atoms with van der Waals surface area (Å²) >= 11 is 0. The van der Waals surface area contributed by atoms with E-state index in [9.17, 15) is 10.4 Å². The molecule has 1 atom stereocenters. The normalized spacial score (nSPS) is 21.3. The Hall–Kier alpha value is -1.37. The summed E-state index contributed by atoms with van der Waals surface area (Å²) in [5, 5.41) is 20.9. The van der Waals surface area contributed by atoms with Gasteiger partial charge < -0.3 is 9.84 Å². The van der Waals surface area contributed by atoms with Gasteiger partial charge in [0.05, 0.1) is 18.1 Å². The van der Waals surface area contributed by atoms with E-state index in [0.717, 1.165) is 37.7 Å². The smallest absolute Gasteiger partial charge is 0.131 e. The van der Waals surface area contributed by atoms with Gasteiger partial charge in [-0.1, -0.05) is 49.6 Å². The molecule has 0 radical (unpaired) electrons. The maximum Gasteiger partial charge on any atom is 0.131 e. The number of ether oxygens (including phenoxy) is 1. The molecule has 1 fully saturated rings. The average molecular weight is 259 g/mol. The number of rotatable bonds is 4. The van der Waals surface area contributed by atoms with Gasteiger partial charge in [-0.15, -0.1) is 0 Å². The van der Waals surface area contributed by atoms with Crippen LogP contribution in [0.2, 0.25) is 0 Å². The number of hydrogen-bond acceptors (Lipinski definition) is 3. The molecule has 0 aromatic heterocycles. The highest BCUT2D eigenvalue weighted by Crippen LogP contribution is 2.49. The van der Waals surface area contributed by atoms with Gasteiger partial charge in [0.25, 0.3) is 0 Å². The van der Waals surface area contributed by atoms with Crippen molar-refractivity contribution in [3.05, 3.63) is 35.9 Å². The van der Waals surface area contributed by atoms with Crippen LogP contribution in [0.4, 0.5) is 0 Å². The van der Waals surface area contributed by atoms with Crippen molar-refractivity contribution in [3.8, 4) is 6.07 Å². The Morgan fingerprint density at radius 2 is 1.89 bits per heavy atom. The minimum atomic E-state index is -1.22. The van der Waals surface area contributed by atoms with Crippen molar-refractivity contribution in [2.45, 2.75) is 37.7 Å². The molecule has 0 heterocycles. The summed E-state index contributed by atoms with van der Waals surface area (Å²) in [6.07, 6.45) is 4.59. The highest BCUT2D eigenvalue weighted by Gasteiger charge is 2.52. The van der Waals surface area contributed by atoms with E-state index in [0.29, 0.717) is 0 Å². The van der Waals surface area contributed by atoms with E-state index in [1.54, 1.807) is 7.11 Å². The third kappa shape index (κ3) is 2.39. The molecule has 1 aliphatic rings. The Balaban J connectivity index is 2.46. The molecule has 1 aromatic rings. The van der Waals surface area contributed by atoms with Crippen LogP contribution in [-0.4, -0.2) is 18.8 Å². The molecule has 19 heavy (non-hydrogen) atoms. The predicted molar refractivity (Wildman–Crippen MR) is 73.3 cm³/mol. The molecule has 0 spiro atoms. The number of aliphatic hydroxyl groups is 1. The lowest BCUT2D eigenvalue weighted by Gasteiger charge is -2.44. The van der Waals surface area contributed by atoms with Gasteiger partial charge in [0, 0.05) is 7.11 Å². The van der Waals surface area contributed by atoms with Gasteiger partial charge in [-0.2, -0.15) is 5.26 Å². The molecule has 0 amide bonds. The van der Waals surface area contributed by atoms with Crippen LogP contribution in [0.15, 0.2) is 30.3 Å². The van der Waals surface area contributed by atoms with E-state index in [1.165, 1.54) is 0 Å². The summed E-state index contributed by atoms with van der Waals surface area (Å²) in [7, 11) is 1.57. The fourth-order valence-corrected chi connectivity index (χ4v) is 3.19. The third-order valence-electron chi connectivity index (χ3n) is 4.32. The lowest BCUT2D eigenvalue weighted by Crippen LogP contribution is -2.49. The van der Waals surface area contributed by atoms with Crippen molar-refractivity contribution >= 4 is 0 Å². The Morgan fingerprint density at radius 3 is 2.42 bits per heavy atom. The van der Waals surface area contributed by atoms with Gasteiger partial charge in [0.2, 0.25) is 0 Å². The molecule has 0 bridgehead atoms. The zero-order valence-electron chi connectivity index (χ0n) is 11.4. The van der Waals surface area contributed by atoms with Gasteiger partial charge in [0.15, 0.2) is 0 Å². The summed E-state index contributed by atoms with van der Waals surface area (Å²) in [6.45, 7) is 0.157. The summed E-state index contributed by atoms with van der Waals surface area (Å²) in [4.78, 5) is 0. The molecule has 3 heteroatoms. The average Bonchev–Trinajstić information content (AvgIpc) is 2.49. The summed E-state index contributed by atoms with van der Waals surface area (Å²) < 4.78 is 5.24. The van der Waals surface area contributed by atoms with E-state index in [-0.39, 0.29) is 6.61 Å². The van der Waals surface area contributed by atoms with Crippen molar-refractivity contribution < 1.29 is 9.84 Å². The van der Waals surface area contributed by atoms with Gasteiger partial charge in [-0.3, -0.25) is 0 Å². The number of nitrogens with zero attached hydrogens (tertiary/aromatic N) is 1. The number of methoxy groups -OCH3 is 1. The zero-order valence-corrected chi connectivity index (χ0v) is 11.4. The number of hydrogen-bond donors (Lipinski definition) is 1. The molecule has 1 aromatic carbocycles. The molecule has 1 N–H and O–H groups in total. The lowest BCUT2D eigenvalue weighted by molar-refractivity contribution is -0.121.